The number of para-hydroxylation sites is 1. The first-order valence-electron chi connectivity index (χ1n) is 13.3. The molecule has 7 heteroatoms. The Bertz CT molecular complexity index is 1100. The van der Waals surface area contributed by atoms with E-state index in [0.29, 0.717) is 12.8 Å². The molecule has 1 heterocycles. The summed E-state index contributed by atoms with van der Waals surface area (Å²) in [5, 5.41) is 0. The van der Waals surface area contributed by atoms with Crippen molar-refractivity contribution in [2.75, 3.05) is 6.61 Å². The lowest BCUT2D eigenvalue weighted by molar-refractivity contribution is -0.225. The molecule has 0 amide bonds. The molecule has 0 radical (unpaired) electrons. The van der Waals surface area contributed by atoms with Gasteiger partial charge in [-0.2, -0.15) is 13.2 Å². The lowest BCUT2D eigenvalue weighted by Gasteiger charge is -2.20. The predicted molar refractivity (Wildman–Crippen MR) is 143 cm³/mol. The molecule has 0 fully saturated rings. The number of rotatable bonds is 14. The molecule has 3 aromatic rings. The Balaban J connectivity index is 1.47. The van der Waals surface area contributed by atoms with Gasteiger partial charge in [0.2, 0.25) is 0 Å². The van der Waals surface area contributed by atoms with Crippen LogP contribution in [0.3, 0.4) is 0 Å². The largest absolute Gasteiger partial charge is 0.425 e. The van der Waals surface area contributed by atoms with Gasteiger partial charge in [0, 0.05) is 24.1 Å². The van der Waals surface area contributed by atoms with E-state index in [4.69, 9.17) is 9.47 Å². The third-order valence-electron chi connectivity index (χ3n) is 6.44. The molecule has 2 atom stereocenters. The normalized spacial score (nSPS) is 13.2. The first-order chi connectivity index (χ1) is 18.3. The number of halogens is 3. The zero-order valence-corrected chi connectivity index (χ0v) is 22.0. The molecular weight excluding hydrogens is 491 g/mol. The maximum absolute atomic E-state index is 13.4. The van der Waals surface area contributed by atoms with E-state index in [-0.39, 0.29) is 18.3 Å². The minimum atomic E-state index is -4.86. The molecule has 0 aliphatic carbocycles. The van der Waals surface area contributed by atoms with Gasteiger partial charge in [-0.05, 0) is 60.9 Å². The number of alkyl halides is 3. The van der Waals surface area contributed by atoms with E-state index < -0.39 is 18.2 Å². The third-order valence-corrected chi connectivity index (χ3v) is 6.44. The fourth-order valence-electron chi connectivity index (χ4n) is 4.18. The lowest BCUT2D eigenvalue weighted by Crippen LogP contribution is -2.42. The van der Waals surface area contributed by atoms with Gasteiger partial charge in [-0.25, -0.2) is 4.79 Å². The van der Waals surface area contributed by atoms with E-state index >= 15 is 0 Å². The van der Waals surface area contributed by atoms with Crippen LogP contribution in [-0.4, -0.2) is 29.8 Å². The molecule has 3 rings (SSSR count). The maximum Gasteiger partial charge on any atom is 0.425 e. The van der Waals surface area contributed by atoms with E-state index in [1.807, 2.05) is 25.3 Å². The van der Waals surface area contributed by atoms with Crippen LogP contribution in [0.2, 0.25) is 0 Å². The van der Waals surface area contributed by atoms with Crippen molar-refractivity contribution in [2.45, 2.75) is 77.0 Å². The second-order valence-corrected chi connectivity index (χ2v) is 9.55. The van der Waals surface area contributed by atoms with E-state index in [1.165, 1.54) is 43.4 Å². The molecule has 2 unspecified atom stereocenters. The Labute approximate surface area is 223 Å². The number of aromatic nitrogens is 1. The monoisotopic (exact) mass is 527 g/mol. The number of benzene rings is 2. The van der Waals surface area contributed by atoms with Crippen LogP contribution < -0.4 is 4.74 Å². The molecule has 0 saturated heterocycles. The Morgan fingerprint density at radius 3 is 2.24 bits per heavy atom. The molecular formula is C31H36F3NO3. The number of unbranched alkanes of at least 4 members (excludes halogenated alkanes) is 3. The molecule has 38 heavy (non-hydrogen) atoms. The predicted octanol–water partition coefficient (Wildman–Crippen LogP) is 8.31. The number of esters is 1. The number of pyridine rings is 1. The summed E-state index contributed by atoms with van der Waals surface area (Å²) in [6.07, 6.45) is 1.33. The summed E-state index contributed by atoms with van der Waals surface area (Å²) in [5.41, 5.74) is 4.32. The van der Waals surface area contributed by atoms with Crippen LogP contribution in [0.1, 0.15) is 69.5 Å². The van der Waals surface area contributed by atoms with Crippen LogP contribution in [0, 0.1) is 0 Å². The molecule has 4 nitrogen and oxygen atoms in total. The molecule has 1 aromatic heterocycles. The minimum Gasteiger partial charge on any atom is -0.424 e. The molecule has 2 aromatic carbocycles. The zero-order valence-electron chi connectivity index (χ0n) is 22.0. The average molecular weight is 528 g/mol. The van der Waals surface area contributed by atoms with Crippen molar-refractivity contribution >= 4 is 5.97 Å². The van der Waals surface area contributed by atoms with Gasteiger partial charge in [0.05, 0.1) is 0 Å². The highest BCUT2D eigenvalue weighted by Gasteiger charge is 2.47. The molecule has 0 aliphatic heterocycles. The fourth-order valence-corrected chi connectivity index (χ4v) is 4.18. The van der Waals surface area contributed by atoms with Gasteiger partial charge in [-0.3, -0.25) is 4.98 Å². The van der Waals surface area contributed by atoms with Crippen molar-refractivity contribution in [1.82, 2.24) is 4.98 Å². The Morgan fingerprint density at radius 2 is 1.61 bits per heavy atom. The van der Waals surface area contributed by atoms with Crippen LogP contribution in [0.25, 0.3) is 11.1 Å². The highest BCUT2D eigenvalue weighted by atomic mass is 19.4. The number of aryl methyl sites for hydroxylation is 1. The van der Waals surface area contributed by atoms with Gasteiger partial charge in [0.1, 0.15) is 5.75 Å². The van der Waals surface area contributed by atoms with Gasteiger partial charge in [0.15, 0.2) is 0 Å². The Morgan fingerprint density at radius 1 is 0.895 bits per heavy atom. The summed E-state index contributed by atoms with van der Waals surface area (Å²) in [4.78, 5) is 16.7. The van der Waals surface area contributed by atoms with Crippen molar-refractivity contribution in [2.24, 2.45) is 0 Å². The fraction of sp³-hybridized carbons (Fsp3) is 0.419. The summed E-state index contributed by atoms with van der Waals surface area (Å²) in [7, 11) is 0. The Hall–Kier alpha value is -3.19. The van der Waals surface area contributed by atoms with Crippen LogP contribution in [0.15, 0.2) is 72.9 Å². The van der Waals surface area contributed by atoms with Gasteiger partial charge in [-0.15, -0.1) is 0 Å². The summed E-state index contributed by atoms with van der Waals surface area (Å²) in [5.74, 6) is -1.41. The number of hydrogen-bond acceptors (Lipinski definition) is 4. The van der Waals surface area contributed by atoms with Crippen molar-refractivity contribution in [3.63, 3.8) is 0 Å². The summed E-state index contributed by atoms with van der Waals surface area (Å²) in [6.45, 7) is 3.96. The molecule has 0 aliphatic rings. The van der Waals surface area contributed by atoms with E-state index in [0.717, 1.165) is 23.2 Å². The number of carbonyl (C=O) groups is 1. The van der Waals surface area contributed by atoms with Crippen LogP contribution >= 0.6 is 0 Å². The van der Waals surface area contributed by atoms with Crippen LogP contribution in [0.5, 0.6) is 5.75 Å². The van der Waals surface area contributed by atoms with Gasteiger partial charge in [-0.1, -0.05) is 81.6 Å². The zero-order chi connectivity index (χ0) is 27.4. The summed E-state index contributed by atoms with van der Waals surface area (Å²) >= 11 is 0. The SMILES string of the molecule is CCCCCCc1ccc(-c2ccc(C(C)CCCOC(C(=O)Oc3ccccc3)C(F)(F)F)nc2)cc1. The number of carbonyl (C=O) groups excluding carboxylic acids is 1. The van der Waals surface area contributed by atoms with Crippen LogP contribution in [0.4, 0.5) is 13.2 Å². The second kappa shape index (κ2) is 14.7. The number of ether oxygens (including phenoxy) is 2. The van der Waals surface area contributed by atoms with Crippen molar-refractivity contribution in [3.8, 4) is 16.9 Å². The molecule has 0 saturated carbocycles. The smallest absolute Gasteiger partial charge is 0.424 e. The van der Waals surface area contributed by atoms with Gasteiger partial charge < -0.3 is 9.47 Å². The second-order valence-electron chi connectivity index (χ2n) is 9.55. The summed E-state index contributed by atoms with van der Waals surface area (Å²) in [6, 6.07) is 20.2. The first kappa shape index (κ1) is 29.4. The number of nitrogens with zero attached hydrogens (tertiary/aromatic N) is 1. The Kier molecular flexibility index (Phi) is 11.3. The minimum absolute atomic E-state index is 0.0266. The van der Waals surface area contributed by atoms with E-state index in [1.54, 1.807) is 18.2 Å². The molecule has 0 N–H and O–H groups in total. The van der Waals surface area contributed by atoms with Crippen molar-refractivity contribution < 1.29 is 27.4 Å². The number of hydrogen-bond donors (Lipinski definition) is 0. The highest BCUT2D eigenvalue weighted by molar-refractivity contribution is 5.78. The average Bonchev–Trinajstić information content (AvgIpc) is 2.91. The van der Waals surface area contributed by atoms with Gasteiger partial charge in [0.25, 0.3) is 6.10 Å². The van der Waals surface area contributed by atoms with Crippen LogP contribution in [-0.2, 0) is 16.0 Å². The highest BCUT2D eigenvalue weighted by Crippen LogP contribution is 2.27. The molecule has 204 valence electrons. The maximum atomic E-state index is 13.4. The lowest BCUT2D eigenvalue weighted by atomic mass is 9.99. The topological polar surface area (TPSA) is 48.4 Å². The third kappa shape index (κ3) is 9.28. The van der Waals surface area contributed by atoms with E-state index in [9.17, 15) is 18.0 Å². The van der Waals surface area contributed by atoms with Crippen molar-refractivity contribution in [1.29, 1.82) is 0 Å². The standard InChI is InChI=1S/C31H36F3NO3/c1-3-4-5-7-12-24-15-17-25(18-16-24)26-19-20-28(35-22-26)23(2)11-10-21-37-29(31(32,33)34)30(36)38-27-13-8-6-9-14-27/h6,8-9,13-20,22-23,29H,3-5,7,10-12,21H2,1-2H3. The molecule has 0 bridgehead atoms. The molecule has 0 spiro atoms. The van der Waals surface area contributed by atoms with Gasteiger partial charge >= 0.3 is 12.1 Å². The van der Waals surface area contributed by atoms with E-state index in [2.05, 4.69) is 36.2 Å². The van der Waals surface area contributed by atoms with Crippen molar-refractivity contribution in [3.05, 3.63) is 84.2 Å². The quantitative estimate of drug-likeness (QED) is 0.120. The summed E-state index contributed by atoms with van der Waals surface area (Å²) < 4.78 is 49.9. The first-order valence-corrected chi connectivity index (χ1v) is 13.3.